The Bertz CT molecular complexity index is 935. The van der Waals surface area contributed by atoms with Crippen molar-refractivity contribution in [2.45, 2.75) is 32.6 Å². The minimum Gasteiger partial charge on any atom is -0.465 e. The quantitative estimate of drug-likeness (QED) is 0.579. The molecule has 0 radical (unpaired) electrons. The van der Waals surface area contributed by atoms with Gasteiger partial charge in [0, 0.05) is 17.7 Å². The smallest absolute Gasteiger partial charge is 0.348 e. The molecule has 0 unspecified atom stereocenters. The standard InChI is InChI=1S/C16H14ClN5O2S.C2H6/c1-24-16(23)12-5-4-11(25-12)15-18-7-9(17)14(20-15)19-13-6-10(21-22-13)8-2-3-8;1-2/h4-8H,2-3H2,1H3,(H2,18,19,20,21,22);1-2H3. The number of hydrogen-bond donors (Lipinski definition) is 2. The van der Waals surface area contributed by atoms with Crippen molar-refractivity contribution in [1.82, 2.24) is 20.2 Å². The van der Waals surface area contributed by atoms with Gasteiger partial charge in [0.05, 0.1) is 18.2 Å². The molecule has 0 aliphatic heterocycles. The summed E-state index contributed by atoms with van der Waals surface area (Å²) in [6.45, 7) is 4.00. The first-order valence-electron chi connectivity index (χ1n) is 8.67. The monoisotopic (exact) mass is 405 g/mol. The lowest BCUT2D eigenvalue weighted by atomic mass is 10.3. The average Bonchev–Trinajstić information content (AvgIpc) is 3.24. The highest BCUT2D eigenvalue weighted by atomic mass is 35.5. The summed E-state index contributed by atoms with van der Waals surface area (Å²) in [7, 11) is 1.35. The van der Waals surface area contributed by atoms with Crippen LogP contribution in [0.3, 0.4) is 0 Å². The van der Waals surface area contributed by atoms with E-state index in [1.165, 1.54) is 37.5 Å². The van der Waals surface area contributed by atoms with Gasteiger partial charge in [-0.2, -0.15) is 5.10 Å². The fraction of sp³-hybridized carbons (Fsp3) is 0.333. The molecule has 9 heteroatoms. The van der Waals surface area contributed by atoms with Gasteiger partial charge in [0.25, 0.3) is 0 Å². The molecule has 1 saturated carbocycles. The molecule has 3 heterocycles. The Morgan fingerprint density at radius 1 is 1.37 bits per heavy atom. The van der Waals surface area contributed by atoms with E-state index in [0.717, 1.165) is 10.6 Å². The highest BCUT2D eigenvalue weighted by molar-refractivity contribution is 7.17. The molecule has 4 rings (SSSR count). The molecule has 27 heavy (non-hydrogen) atoms. The summed E-state index contributed by atoms with van der Waals surface area (Å²) < 4.78 is 4.72. The fourth-order valence-corrected chi connectivity index (χ4v) is 3.37. The molecule has 3 aromatic rings. The zero-order valence-electron chi connectivity index (χ0n) is 15.2. The van der Waals surface area contributed by atoms with Crippen LogP contribution in [0.5, 0.6) is 0 Å². The van der Waals surface area contributed by atoms with Crippen LogP contribution in [-0.2, 0) is 4.74 Å². The number of ether oxygens (including phenoxy) is 1. The first kappa shape index (κ1) is 19.3. The van der Waals surface area contributed by atoms with E-state index in [1.807, 2.05) is 19.9 Å². The van der Waals surface area contributed by atoms with Gasteiger partial charge in [-0.3, -0.25) is 5.10 Å². The number of aromatic nitrogens is 4. The second-order valence-electron chi connectivity index (χ2n) is 5.65. The van der Waals surface area contributed by atoms with Crippen LogP contribution in [0.25, 0.3) is 10.7 Å². The zero-order valence-corrected chi connectivity index (χ0v) is 16.8. The number of H-pyrrole nitrogens is 1. The molecule has 0 spiro atoms. The maximum absolute atomic E-state index is 11.6. The number of carbonyl (C=O) groups excluding carboxylic acids is 1. The topological polar surface area (TPSA) is 92.8 Å². The van der Waals surface area contributed by atoms with Crippen molar-refractivity contribution in [3.8, 4) is 10.7 Å². The highest BCUT2D eigenvalue weighted by Crippen LogP contribution is 2.40. The molecule has 0 bridgehead atoms. The van der Waals surface area contributed by atoms with E-state index in [-0.39, 0.29) is 5.97 Å². The van der Waals surface area contributed by atoms with Gasteiger partial charge < -0.3 is 10.1 Å². The Morgan fingerprint density at radius 2 is 2.15 bits per heavy atom. The van der Waals surface area contributed by atoms with Crippen LogP contribution in [0.4, 0.5) is 11.6 Å². The molecule has 0 saturated heterocycles. The Balaban J connectivity index is 0.00000102. The molecular formula is C18H20ClN5O2S. The van der Waals surface area contributed by atoms with Gasteiger partial charge >= 0.3 is 5.97 Å². The van der Waals surface area contributed by atoms with Gasteiger partial charge in [0.1, 0.15) is 9.90 Å². The van der Waals surface area contributed by atoms with Crippen LogP contribution in [0, 0.1) is 0 Å². The van der Waals surface area contributed by atoms with Crippen LogP contribution in [-0.4, -0.2) is 33.2 Å². The predicted octanol–water partition coefficient (Wildman–Crippen LogP) is 5.02. The first-order valence-corrected chi connectivity index (χ1v) is 9.87. The zero-order chi connectivity index (χ0) is 19.4. The lowest BCUT2D eigenvalue weighted by molar-refractivity contribution is 0.0606. The first-order chi connectivity index (χ1) is 13.1. The summed E-state index contributed by atoms with van der Waals surface area (Å²) in [6.07, 6.45) is 3.92. The van der Waals surface area contributed by atoms with Gasteiger partial charge in [0.15, 0.2) is 17.5 Å². The number of nitrogens with one attached hydrogen (secondary N) is 2. The molecule has 0 atom stereocenters. The van der Waals surface area contributed by atoms with Crippen molar-refractivity contribution in [3.63, 3.8) is 0 Å². The number of halogens is 1. The second-order valence-corrected chi connectivity index (χ2v) is 7.14. The van der Waals surface area contributed by atoms with Crippen molar-refractivity contribution in [3.05, 3.63) is 40.0 Å². The van der Waals surface area contributed by atoms with Gasteiger partial charge in [-0.25, -0.2) is 14.8 Å². The molecule has 1 aliphatic carbocycles. The van der Waals surface area contributed by atoms with E-state index in [1.54, 1.807) is 12.1 Å². The molecule has 1 fully saturated rings. The van der Waals surface area contributed by atoms with Gasteiger partial charge in [-0.1, -0.05) is 25.4 Å². The van der Waals surface area contributed by atoms with E-state index in [9.17, 15) is 4.79 Å². The molecule has 1 aliphatic rings. The minimum absolute atomic E-state index is 0.382. The van der Waals surface area contributed by atoms with Crippen molar-refractivity contribution >= 4 is 40.5 Å². The molecule has 2 N–H and O–H groups in total. The van der Waals surface area contributed by atoms with Crippen molar-refractivity contribution in [1.29, 1.82) is 0 Å². The number of anilines is 2. The largest absolute Gasteiger partial charge is 0.465 e. The molecular weight excluding hydrogens is 386 g/mol. The van der Waals surface area contributed by atoms with Crippen LogP contribution in [0.15, 0.2) is 24.4 Å². The van der Waals surface area contributed by atoms with E-state index >= 15 is 0 Å². The Labute approximate surface area is 166 Å². The number of rotatable bonds is 5. The van der Waals surface area contributed by atoms with Crippen LogP contribution in [0.2, 0.25) is 5.02 Å². The molecule has 0 aromatic carbocycles. The summed E-state index contributed by atoms with van der Waals surface area (Å²) in [5.41, 5.74) is 1.12. The number of esters is 1. The molecule has 7 nitrogen and oxygen atoms in total. The van der Waals surface area contributed by atoms with E-state index in [2.05, 4.69) is 25.5 Å². The van der Waals surface area contributed by atoms with E-state index in [4.69, 9.17) is 16.3 Å². The summed E-state index contributed by atoms with van der Waals surface area (Å²) in [6, 6.07) is 5.44. The predicted molar refractivity (Wildman–Crippen MR) is 107 cm³/mol. The van der Waals surface area contributed by atoms with Gasteiger partial charge in [0.2, 0.25) is 0 Å². The average molecular weight is 406 g/mol. The second kappa shape index (κ2) is 8.49. The summed E-state index contributed by atoms with van der Waals surface area (Å²) >= 11 is 7.46. The number of aromatic amines is 1. The third-order valence-corrected chi connectivity index (χ3v) is 5.16. The molecule has 142 valence electrons. The number of carbonyl (C=O) groups is 1. The van der Waals surface area contributed by atoms with Crippen LogP contribution < -0.4 is 5.32 Å². The number of thiophene rings is 1. The Morgan fingerprint density at radius 3 is 2.85 bits per heavy atom. The van der Waals surface area contributed by atoms with E-state index < -0.39 is 0 Å². The van der Waals surface area contributed by atoms with Crippen LogP contribution >= 0.6 is 22.9 Å². The lowest BCUT2D eigenvalue weighted by Crippen LogP contribution is -1.98. The highest BCUT2D eigenvalue weighted by Gasteiger charge is 2.25. The van der Waals surface area contributed by atoms with Crippen molar-refractivity contribution in [2.24, 2.45) is 0 Å². The maximum atomic E-state index is 11.6. The van der Waals surface area contributed by atoms with Gasteiger partial charge in [-0.05, 0) is 25.0 Å². The third kappa shape index (κ3) is 4.45. The minimum atomic E-state index is -0.382. The maximum Gasteiger partial charge on any atom is 0.348 e. The van der Waals surface area contributed by atoms with Crippen molar-refractivity contribution < 1.29 is 9.53 Å². The van der Waals surface area contributed by atoms with Crippen LogP contribution in [0.1, 0.15) is 48.0 Å². The normalized spacial score (nSPS) is 12.9. The number of hydrogen-bond acceptors (Lipinski definition) is 7. The summed E-state index contributed by atoms with van der Waals surface area (Å²) in [5, 5.41) is 10.8. The number of methoxy groups -OCH3 is 1. The number of nitrogens with zero attached hydrogens (tertiary/aromatic N) is 3. The third-order valence-electron chi connectivity index (χ3n) is 3.82. The SMILES string of the molecule is CC.COC(=O)c1ccc(-c2ncc(Cl)c(Nc3cc(C4CC4)[nH]n3)n2)s1. The van der Waals surface area contributed by atoms with E-state index in [0.29, 0.717) is 33.3 Å². The molecule has 0 amide bonds. The molecule has 3 aromatic heterocycles. The Kier molecular flexibility index (Phi) is 6.08. The van der Waals surface area contributed by atoms with Crippen molar-refractivity contribution in [2.75, 3.05) is 12.4 Å². The fourth-order valence-electron chi connectivity index (χ4n) is 2.37. The summed E-state index contributed by atoms with van der Waals surface area (Å²) in [5.74, 6) is 1.81. The lowest BCUT2D eigenvalue weighted by Gasteiger charge is -2.05. The van der Waals surface area contributed by atoms with Gasteiger partial charge in [-0.15, -0.1) is 11.3 Å². The Hall–Kier alpha value is -2.45. The summed E-state index contributed by atoms with van der Waals surface area (Å²) in [4.78, 5) is 21.5.